The molecule has 6 fully saturated rings. The number of ether oxygens (including phenoxy) is 6. The Morgan fingerprint density at radius 3 is 2.10 bits per heavy atom. The molecule has 16 atom stereocenters. The molecule has 0 radical (unpaired) electrons. The molecular weight excluding hydrogens is 636 g/mol. The molecular formula is C40H60N2O8. The van der Waals surface area contributed by atoms with Crippen LogP contribution in [0.15, 0.2) is 47.0 Å². The van der Waals surface area contributed by atoms with E-state index in [1.807, 2.05) is 20.3 Å². The van der Waals surface area contributed by atoms with Gasteiger partial charge in [-0.2, -0.15) is 0 Å². The fourth-order valence-corrected chi connectivity index (χ4v) is 12.7. The summed E-state index contributed by atoms with van der Waals surface area (Å²) in [7, 11) is 10.6. The molecule has 2 N–H and O–H groups in total. The average Bonchev–Trinajstić information content (AvgIpc) is 3.15. The molecule has 8 aliphatic rings. The van der Waals surface area contributed by atoms with Crippen LogP contribution in [-0.4, -0.2) is 131 Å². The fraction of sp³-hybridized carbons (Fsp3) is 0.800. The minimum absolute atomic E-state index is 0.0595. The van der Waals surface area contributed by atoms with Gasteiger partial charge in [0.25, 0.3) is 0 Å². The summed E-state index contributed by atoms with van der Waals surface area (Å²) in [4.78, 5) is 5.15. The van der Waals surface area contributed by atoms with Crippen molar-refractivity contribution in [2.24, 2.45) is 47.3 Å². The monoisotopic (exact) mass is 696 g/mol. The highest BCUT2D eigenvalue weighted by Crippen LogP contribution is 2.58. The van der Waals surface area contributed by atoms with Crippen molar-refractivity contribution >= 4 is 0 Å². The number of hydrogen-bond acceptors (Lipinski definition) is 10. The summed E-state index contributed by atoms with van der Waals surface area (Å²) in [6, 6.07) is 0.456. The van der Waals surface area contributed by atoms with E-state index in [-0.39, 0.29) is 54.2 Å². The quantitative estimate of drug-likeness (QED) is 0.410. The number of piperidine rings is 3. The van der Waals surface area contributed by atoms with Gasteiger partial charge in [-0.25, -0.2) is 0 Å². The second-order valence-corrected chi connectivity index (χ2v) is 16.5. The lowest BCUT2D eigenvalue weighted by Crippen LogP contribution is -2.66. The molecule has 0 aromatic heterocycles. The Labute approximate surface area is 298 Å². The molecule has 3 saturated carbocycles. The first-order valence-electron chi connectivity index (χ1n) is 19.3. The van der Waals surface area contributed by atoms with Crippen molar-refractivity contribution < 1.29 is 38.6 Å². The van der Waals surface area contributed by atoms with Gasteiger partial charge in [0.05, 0.1) is 43.7 Å². The SMILES string of the molecule is COC1=CC=C2C=C3C4CC(OC)C(O)C(C5C(O)C(OC)CC6C5CCN5CC7C(CCC(OC)C7OC)CC65)C4CCN3C=C2C1OC. The summed E-state index contributed by atoms with van der Waals surface area (Å²) >= 11 is 0. The van der Waals surface area contributed by atoms with E-state index in [2.05, 4.69) is 28.2 Å². The third-order valence-electron chi connectivity index (χ3n) is 14.9. The van der Waals surface area contributed by atoms with Crippen LogP contribution in [0.4, 0.5) is 0 Å². The van der Waals surface area contributed by atoms with Crippen molar-refractivity contribution in [1.82, 2.24) is 9.80 Å². The van der Waals surface area contributed by atoms with Gasteiger partial charge in [0, 0.05) is 84.0 Å². The molecule has 4 heterocycles. The molecule has 8 rings (SSSR count). The number of rotatable bonds is 7. The molecule has 10 nitrogen and oxygen atoms in total. The molecule has 50 heavy (non-hydrogen) atoms. The molecule has 0 aromatic carbocycles. The molecule has 0 spiro atoms. The number of fused-ring (bicyclic) bond motifs is 8. The van der Waals surface area contributed by atoms with Crippen molar-refractivity contribution in [2.75, 3.05) is 62.3 Å². The lowest BCUT2D eigenvalue weighted by Gasteiger charge is -2.62. The molecule has 0 amide bonds. The average molecular weight is 697 g/mol. The minimum Gasteiger partial charge on any atom is -0.498 e. The van der Waals surface area contributed by atoms with Crippen molar-refractivity contribution in [3.05, 3.63) is 47.0 Å². The van der Waals surface area contributed by atoms with Gasteiger partial charge in [-0.1, -0.05) is 6.08 Å². The zero-order valence-electron chi connectivity index (χ0n) is 30.9. The highest BCUT2D eigenvalue weighted by atomic mass is 16.5. The molecule has 4 aliphatic carbocycles. The number of aliphatic hydroxyl groups excluding tert-OH is 2. The van der Waals surface area contributed by atoms with Gasteiger partial charge in [-0.15, -0.1) is 0 Å². The predicted molar refractivity (Wildman–Crippen MR) is 188 cm³/mol. The maximum atomic E-state index is 12.3. The standard InChI is InChI=1S/C40H60N2O8/c1-45-31-9-7-21-15-29-25-17-33(47-3)37(43)35(23(25)11-13-41(29)19-27(21)39(31)49-5)36-24-12-14-42-20-28-22(8-10-32(46-2)40(28)50-6)16-30(42)26(24)18-34(48-4)38(36)44/h7,9,15,19,22-26,28,30,32-40,43-44H,8,10-14,16-18,20H2,1-6H3. The van der Waals surface area contributed by atoms with Crippen molar-refractivity contribution in [3.63, 3.8) is 0 Å². The Hall–Kier alpha value is -1.76. The topological polar surface area (TPSA) is 102 Å². The van der Waals surface area contributed by atoms with Crippen molar-refractivity contribution in [3.8, 4) is 0 Å². The van der Waals surface area contributed by atoms with Gasteiger partial charge in [-0.05, 0) is 105 Å². The molecule has 10 heteroatoms. The van der Waals surface area contributed by atoms with Crippen LogP contribution in [0.5, 0.6) is 0 Å². The Kier molecular flexibility index (Phi) is 10.0. The Morgan fingerprint density at radius 1 is 0.680 bits per heavy atom. The molecule has 4 aliphatic heterocycles. The van der Waals surface area contributed by atoms with Crippen LogP contribution in [0.2, 0.25) is 0 Å². The fourth-order valence-electron chi connectivity index (χ4n) is 12.7. The molecule has 278 valence electrons. The van der Waals surface area contributed by atoms with Crippen molar-refractivity contribution in [1.29, 1.82) is 0 Å². The van der Waals surface area contributed by atoms with Crippen LogP contribution in [0.3, 0.4) is 0 Å². The largest absolute Gasteiger partial charge is 0.498 e. The summed E-state index contributed by atoms with van der Waals surface area (Å²) in [5.74, 6) is 2.94. The Morgan fingerprint density at radius 2 is 1.40 bits per heavy atom. The van der Waals surface area contributed by atoms with E-state index < -0.39 is 12.2 Å². The van der Waals surface area contributed by atoms with E-state index >= 15 is 0 Å². The minimum atomic E-state index is -0.640. The highest BCUT2D eigenvalue weighted by Gasteiger charge is 2.60. The van der Waals surface area contributed by atoms with E-state index in [0.29, 0.717) is 29.7 Å². The van der Waals surface area contributed by atoms with Gasteiger partial charge >= 0.3 is 0 Å². The summed E-state index contributed by atoms with van der Waals surface area (Å²) in [6.45, 7) is 2.93. The zero-order chi connectivity index (χ0) is 34.8. The molecule has 3 saturated heterocycles. The van der Waals surface area contributed by atoms with E-state index in [1.54, 1.807) is 28.4 Å². The maximum absolute atomic E-state index is 12.3. The third-order valence-corrected chi connectivity index (χ3v) is 14.9. The van der Waals surface area contributed by atoms with Gasteiger partial charge in [-0.3, -0.25) is 4.90 Å². The summed E-state index contributed by atoms with van der Waals surface area (Å²) < 4.78 is 35.8. The van der Waals surface area contributed by atoms with E-state index in [0.717, 1.165) is 75.1 Å². The van der Waals surface area contributed by atoms with Crippen LogP contribution in [0.25, 0.3) is 0 Å². The third kappa shape index (κ3) is 5.58. The Balaban J connectivity index is 1.11. The van der Waals surface area contributed by atoms with E-state index in [9.17, 15) is 10.2 Å². The highest BCUT2D eigenvalue weighted by molar-refractivity contribution is 5.54. The number of nitrogens with zero attached hydrogens (tertiary/aromatic N) is 2. The Bertz CT molecular complexity index is 1380. The molecule has 0 bridgehead atoms. The number of hydrogen-bond donors (Lipinski definition) is 2. The van der Waals surface area contributed by atoms with Gasteiger partial charge in [0.2, 0.25) is 0 Å². The second-order valence-electron chi connectivity index (χ2n) is 16.5. The molecule has 16 unspecified atom stereocenters. The van der Waals surface area contributed by atoms with Crippen LogP contribution >= 0.6 is 0 Å². The smallest absolute Gasteiger partial charge is 0.141 e. The number of methoxy groups -OCH3 is 6. The second kappa shape index (κ2) is 14.2. The van der Waals surface area contributed by atoms with Gasteiger partial charge in [0.1, 0.15) is 11.9 Å². The lowest BCUT2D eigenvalue weighted by atomic mass is 9.51. The van der Waals surface area contributed by atoms with Crippen molar-refractivity contribution in [2.45, 2.75) is 93.7 Å². The van der Waals surface area contributed by atoms with Gasteiger partial charge < -0.3 is 43.5 Å². The summed E-state index contributed by atoms with van der Waals surface area (Å²) in [6.07, 6.45) is 14.0. The first-order valence-corrected chi connectivity index (χ1v) is 19.3. The maximum Gasteiger partial charge on any atom is 0.141 e. The van der Waals surface area contributed by atoms with Crippen LogP contribution in [-0.2, 0) is 28.4 Å². The zero-order valence-corrected chi connectivity index (χ0v) is 30.9. The predicted octanol–water partition coefficient (Wildman–Crippen LogP) is 3.75. The number of allylic oxidation sites excluding steroid dienone is 4. The number of aliphatic hydroxyl groups is 2. The van der Waals surface area contributed by atoms with Crippen LogP contribution < -0.4 is 0 Å². The van der Waals surface area contributed by atoms with Gasteiger partial charge in [0.15, 0.2) is 0 Å². The lowest BCUT2D eigenvalue weighted by molar-refractivity contribution is -0.207. The van der Waals surface area contributed by atoms with Crippen LogP contribution in [0.1, 0.15) is 44.9 Å². The van der Waals surface area contributed by atoms with E-state index in [1.165, 1.54) is 12.1 Å². The first-order chi connectivity index (χ1) is 24.3. The van der Waals surface area contributed by atoms with E-state index in [4.69, 9.17) is 28.4 Å². The normalized spacial score (nSPS) is 47.2. The summed E-state index contributed by atoms with van der Waals surface area (Å²) in [5, 5.41) is 24.6. The first kappa shape index (κ1) is 35.3. The summed E-state index contributed by atoms with van der Waals surface area (Å²) in [5.41, 5.74) is 3.56. The molecule has 0 aromatic rings. The van der Waals surface area contributed by atoms with Crippen LogP contribution in [0, 0.1) is 47.3 Å².